The van der Waals surface area contributed by atoms with Crippen LogP contribution in [0.3, 0.4) is 0 Å². The lowest BCUT2D eigenvalue weighted by Gasteiger charge is -2.20. The Balaban J connectivity index is 1.60. The summed E-state index contributed by atoms with van der Waals surface area (Å²) in [6.45, 7) is 3.46. The van der Waals surface area contributed by atoms with E-state index in [1.54, 1.807) is 0 Å². The minimum absolute atomic E-state index is 0.193. The summed E-state index contributed by atoms with van der Waals surface area (Å²) in [4.78, 5) is 14.0. The van der Waals surface area contributed by atoms with Crippen molar-refractivity contribution in [3.8, 4) is 0 Å². The molecule has 1 N–H and O–H groups in total. The van der Waals surface area contributed by atoms with Crippen molar-refractivity contribution < 1.29 is 9.53 Å². The first kappa shape index (κ1) is 14.4. The largest absolute Gasteiger partial charge is 0.469 e. The van der Waals surface area contributed by atoms with Crippen LogP contribution in [0, 0.1) is 0 Å². The number of rotatable bonds is 5. The molecule has 4 heteroatoms. The van der Waals surface area contributed by atoms with E-state index in [1.807, 2.05) is 12.1 Å². The van der Waals surface area contributed by atoms with Gasteiger partial charge in [0.2, 0.25) is 0 Å². The van der Waals surface area contributed by atoms with E-state index >= 15 is 0 Å². The van der Waals surface area contributed by atoms with Crippen molar-refractivity contribution in [2.75, 3.05) is 19.0 Å². The van der Waals surface area contributed by atoms with Crippen LogP contribution >= 0.6 is 0 Å². The van der Waals surface area contributed by atoms with Crippen LogP contribution in [0.5, 0.6) is 0 Å². The summed E-state index contributed by atoms with van der Waals surface area (Å²) in [5.74, 6) is -0.193. The first-order valence-electron chi connectivity index (χ1n) is 7.83. The maximum Gasteiger partial charge on any atom is 0.309 e. The number of likely N-dealkylation sites (tertiary alicyclic amines) is 1. The van der Waals surface area contributed by atoms with Gasteiger partial charge in [0.15, 0.2) is 0 Å². The number of methoxy groups -OCH3 is 1. The molecule has 2 atom stereocenters. The Labute approximate surface area is 126 Å². The van der Waals surface area contributed by atoms with Gasteiger partial charge in [-0.2, -0.15) is 0 Å². The third kappa shape index (κ3) is 3.56. The molecule has 114 valence electrons. The molecule has 0 radical (unpaired) electrons. The van der Waals surface area contributed by atoms with Gasteiger partial charge in [0.05, 0.1) is 13.5 Å². The van der Waals surface area contributed by atoms with Crippen molar-refractivity contribution in [3.05, 3.63) is 29.8 Å². The molecule has 1 saturated carbocycles. The number of carbonyl (C=O) groups is 1. The van der Waals surface area contributed by atoms with Crippen molar-refractivity contribution in [1.29, 1.82) is 0 Å². The summed E-state index contributed by atoms with van der Waals surface area (Å²) in [6, 6.07) is 10.1. The fourth-order valence-electron chi connectivity index (χ4n) is 3.32. The van der Waals surface area contributed by atoms with Crippen LogP contribution in [0.1, 0.15) is 31.7 Å². The monoisotopic (exact) mass is 288 g/mol. The molecule has 2 aliphatic rings. The average molecular weight is 288 g/mol. The third-order valence-corrected chi connectivity index (χ3v) is 4.51. The van der Waals surface area contributed by atoms with Gasteiger partial charge in [-0.15, -0.1) is 0 Å². The first-order chi connectivity index (χ1) is 10.2. The molecule has 1 aromatic rings. The topological polar surface area (TPSA) is 41.6 Å². The highest BCUT2D eigenvalue weighted by Crippen LogP contribution is 2.34. The third-order valence-electron chi connectivity index (χ3n) is 4.51. The molecule has 0 unspecified atom stereocenters. The SMILES string of the molecule is COC(=O)Cc1cccc(N[C@H]2C[C@H](C)N(C3CC3)C2)c1. The van der Waals surface area contributed by atoms with Crippen molar-refractivity contribution in [2.45, 2.75) is 50.7 Å². The van der Waals surface area contributed by atoms with Crippen LogP contribution in [0.25, 0.3) is 0 Å². The quantitative estimate of drug-likeness (QED) is 0.845. The predicted octanol–water partition coefficient (Wildman–Crippen LogP) is 2.44. The number of nitrogens with zero attached hydrogens (tertiary/aromatic N) is 1. The molecule has 3 rings (SSSR count). The Bertz CT molecular complexity index is 513. The van der Waals surface area contributed by atoms with Crippen LogP contribution in [-0.4, -0.2) is 42.6 Å². The zero-order chi connectivity index (χ0) is 14.8. The Hall–Kier alpha value is -1.55. The Morgan fingerprint density at radius 2 is 2.24 bits per heavy atom. The second-order valence-electron chi connectivity index (χ2n) is 6.31. The van der Waals surface area contributed by atoms with Crippen molar-refractivity contribution in [3.63, 3.8) is 0 Å². The predicted molar refractivity (Wildman–Crippen MR) is 83.4 cm³/mol. The molecular weight excluding hydrogens is 264 g/mol. The summed E-state index contributed by atoms with van der Waals surface area (Å²) >= 11 is 0. The summed E-state index contributed by atoms with van der Waals surface area (Å²) < 4.78 is 4.72. The van der Waals surface area contributed by atoms with Crippen molar-refractivity contribution in [1.82, 2.24) is 4.90 Å². The van der Waals surface area contributed by atoms with Gasteiger partial charge in [-0.3, -0.25) is 9.69 Å². The van der Waals surface area contributed by atoms with Crippen LogP contribution in [-0.2, 0) is 16.0 Å². The van der Waals surface area contributed by atoms with Crippen molar-refractivity contribution >= 4 is 11.7 Å². The van der Waals surface area contributed by atoms with Crippen LogP contribution < -0.4 is 5.32 Å². The van der Waals surface area contributed by atoms with Gasteiger partial charge in [-0.05, 0) is 43.9 Å². The number of nitrogens with one attached hydrogen (secondary N) is 1. The second-order valence-corrected chi connectivity index (χ2v) is 6.31. The van der Waals surface area contributed by atoms with Gasteiger partial charge in [0.25, 0.3) is 0 Å². The molecule has 0 bridgehead atoms. The van der Waals surface area contributed by atoms with E-state index in [1.165, 1.54) is 26.4 Å². The molecule has 2 fully saturated rings. The maximum absolute atomic E-state index is 11.4. The van der Waals surface area contributed by atoms with E-state index < -0.39 is 0 Å². The number of anilines is 1. The fourth-order valence-corrected chi connectivity index (χ4v) is 3.32. The van der Waals surface area contributed by atoms with Gasteiger partial charge in [0, 0.05) is 30.4 Å². The molecule has 1 aliphatic heterocycles. The molecule has 0 aromatic heterocycles. The molecule has 1 aliphatic carbocycles. The number of carbonyl (C=O) groups excluding carboxylic acids is 1. The maximum atomic E-state index is 11.4. The van der Waals surface area contributed by atoms with E-state index in [9.17, 15) is 4.79 Å². The minimum Gasteiger partial charge on any atom is -0.469 e. The summed E-state index contributed by atoms with van der Waals surface area (Å²) in [5.41, 5.74) is 2.10. The standard InChI is InChI=1S/C17H24N2O2/c1-12-8-15(11-19(12)16-6-7-16)18-14-5-3-4-13(9-14)10-17(20)21-2/h3-5,9,12,15-16,18H,6-8,10-11H2,1-2H3/t12-,15-/m0/s1. The molecule has 1 aromatic carbocycles. The van der Waals surface area contributed by atoms with Gasteiger partial charge < -0.3 is 10.1 Å². The van der Waals surface area contributed by atoms with Gasteiger partial charge in [0.1, 0.15) is 0 Å². The molecule has 4 nitrogen and oxygen atoms in total. The van der Waals surface area contributed by atoms with Gasteiger partial charge in [-0.1, -0.05) is 12.1 Å². The number of benzene rings is 1. The minimum atomic E-state index is -0.193. The average Bonchev–Trinajstić information content (AvgIpc) is 3.24. The highest BCUT2D eigenvalue weighted by Gasteiger charge is 2.38. The van der Waals surface area contributed by atoms with E-state index in [0.717, 1.165) is 23.8 Å². The van der Waals surface area contributed by atoms with E-state index in [-0.39, 0.29) is 5.97 Å². The lowest BCUT2D eigenvalue weighted by Crippen LogP contribution is -2.31. The molecule has 0 amide bonds. The van der Waals surface area contributed by atoms with Gasteiger partial charge >= 0.3 is 5.97 Å². The number of esters is 1. The summed E-state index contributed by atoms with van der Waals surface area (Å²) in [6.07, 6.45) is 4.26. The molecule has 0 spiro atoms. The number of ether oxygens (including phenoxy) is 1. The highest BCUT2D eigenvalue weighted by atomic mass is 16.5. The Morgan fingerprint density at radius 1 is 1.43 bits per heavy atom. The fraction of sp³-hybridized carbons (Fsp3) is 0.588. The lowest BCUT2D eigenvalue weighted by molar-refractivity contribution is -0.139. The molecule has 1 heterocycles. The normalized spacial score (nSPS) is 25.8. The lowest BCUT2D eigenvalue weighted by atomic mass is 10.1. The summed E-state index contributed by atoms with van der Waals surface area (Å²) in [5, 5.41) is 3.62. The number of hydrogen-bond donors (Lipinski definition) is 1. The molecule has 1 saturated heterocycles. The smallest absolute Gasteiger partial charge is 0.309 e. The van der Waals surface area contributed by atoms with Crippen LogP contribution in [0.15, 0.2) is 24.3 Å². The molecule has 21 heavy (non-hydrogen) atoms. The highest BCUT2D eigenvalue weighted by molar-refractivity contribution is 5.72. The van der Waals surface area contributed by atoms with E-state index in [0.29, 0.717) is 18.5 Å². The van der Waals surface area contributed by atoms with Crippen molar-refractivity contribution in [2.24, 2.45) is 0 Å². The first-order valence-corrected chi connectivity index (χ1v) is 7.83. The zero-order valence-electron chi connectivity index (χ0n) is 12.8. The number of hydrogen-bond acceptors (Lipinski definition) is 4. The van der Waals surface area contributed by atoms with E-state index in [4.69, 9.17) is 4.74 Å². The summed E-state index contributed by atoms with van der Waals surface area (Å²) in [7, 11) is 1.43. The Kier molecular flexibility index (Phi) is 4.15. The van der Waals surface area contributed by atoms with Gasteiger partial charge in [-0.25, -0.2) is 0 Å². The molecular formula is C17H24N2O2. The van der Waals surface area contributed by atoms with E-state index in [2.05, 4.69) is 29.3 Å². The zero-order valence-corrected chi connectivity index (χ0v) is 12.8. The van der Waals surface area contributed by atoms with Crippen LogP contribution in [0.4, 0.5) is 5.69 Å². The van der Waals surface area contributed by atoms with Crippen LogP contribution in [0.2, 0.25) is 0 Å². The second kappa shape index (κ2) is 6.06. The Morgan fingerprint density at radius 3 is 2.95 bits per heavy atom.